The molecule has 1 aromatic rings. The van der Waals surface area contributed by atoms with Crippen LogP contribution in [0.4, 0.5) is 0 Å². The minimum absolute atomic E-state index is 0. The molecule has 2 rings (SSSR count). The van der Waals surface area contributed by atoms with Gasteiger partial charge >= 0.3 is 0 Å². The number of nitrogens with zero attached hydrogens (tertiary/aromatic N) is 2. The summed E-state index contributed by atoms with van der Waals surface area (Å²) >= 11 is 0. The van der Waals surface area contributed by atoms with E-state index in [0.717, 1.165) is 17.7 Å². The van der Waals surface area contributed by atoms with E-state index in [1.54, 1.807) is 6.92 Å². The molecule has 5 nitrogen and oxygen atoms in total. The van der Waals surface area contributed by atoms with E-state index in [9.17, 15) is 9.90 Å². The van der Waals surface area contributed by atoms with Crippen molar-refractivity contribution in [3.05, 3.63) is 35.4 Å². The van der Waals surface area contributed by atoms with Crippen molar-refractivity contribution in [2.24, 2.45) is 5.73 Å². The van der Waals surface area contributed by atoms with Crippen LogP contribution < -0.4 is 5.73 Å². The molecular formula is C17H29Cl2N3O2. The average molecular weight is 378 g/mol. The highest BCUT2D eigenvalue weighted by Crippen LogP contribution is 2.17. The van der Waals surface area contributed by atoms with Crippen molar-refractivity contribution in [1.82, 2.24) is 9.80 Å². The van der Waals surface area contributed by atoms with Gasteiger partial charge < -0.3 is 15.7 Å². The summed E-state index contributed by atoms with van der Waals surface area (Å²) in [6.07, 6.45) is -0.348. The summed E-state index contributed by atoms with van der Waals surface area (Å²) in [7, 11) is 0. The van der Waals surface area contributed by atoms with Crippen molar-refractivity contribution >= 4 is 30.7 Å². The monoisotopic (exact) mass is 377 g/mol. The Morgan fingerprint density at radius 2 is 1.88 bits per heavy atom. The number of benzene rings is 1. The summed E-state index contributed by atoms with van der Waals surface area (Å²) in [6.45, 7) is 8.63. The number of halogens is 2. The number of carbonyl (C=O) groups excluding carboxylic acids is 1. The van der Waals surface area contributed by atoms with Gasteiger partial charge in [-0.05, 0) is 26.3 Å². The normalized spacial score (nSPS) is 20.5. The number of aliphatic hydroxyl groups excluding tert-OH is 1. The quantitative estimate of drug-likeness (QED) is 0.838. The van der Waals surface area contributed by atoms with Crippen molar-refractivity contribution in [3.8, 4) is 0 Å². The Balaban J connectivity index is 0.00000264. The maximum atomic E-state index is 12.6. The molecule has 3 unspecified atom stereocenters. The van der Waals surface area contributed by atoms with Crippen LogP contribution in [-0.2, 0) is 4.79 Å². The first kappa shape index (κ1) is 23.1. The van der Waals surface area contributed by atoms with E-state index in [4.69, 9.17) is 5.73 Å². The van der Waals surface area contributed by atoms with Crippen LogP contribution in [-0.4, -0.2) is 59.1 Å². The van der Waals surface area contributed by atoms with Gasteiger partial charge in [-0.2, -0.15) is 0 Å². The van der Waals surface area contributed by atoms with Crippen LogP contribution in [0.15, 0.2) is 24.3 Å². The molecule has 24 heavy (non-hydrogen) atoms. The lowest BCUT2D eigenvalue weighted by molar-refractivity contribution is -0.135. The number of aryl methyl sites for hydroxylation is 1. The van der Waals surface area contributed by atoms with Crippen LogP contribution in [0.1, 0.15) is 31.0 Å². The highest BCUT2D eigenvalue weighted by Gasteiger charge is 2.30. The van der Waals surface area contributed by atoms with E-state index in [1.165, 1.54) is 0 Å². The van der Waals surface area contributed by atoms with Crippen LogP contribution in [0.5, 0.6) is 0 Å². The van der Waals surface area contributed by atoms with Crippen LogP contribution in [0, 0.1) is 6.92 Å². The number of rotatable bonds is 4. The maximum Gasteiger partial charge on any atom is 0.244 e. The van der Waals surface area contributed by atoms with Gasteiger partial charge in [0.05, 0.1) is 6.10 Å². The predicted octanol–water partition coefficient (Wildman–Crippen LogP) is 1.75. The lowest BCUT2D eigenvalue weighted by atomic mass is 10.0. The molecule has 0 saturated carbocycles. The third-order valence-electron chi connectivity index (χ3n) is 4.28. The summed E-state index contributed by atoms with van der Waals surface area (Å²) in [4.78, 5) is 16.6. The lowest BCUT2D eigenvalue weighted by Gasteiger charge is -2.41. The maximum absolute atomic E-state index is 12.6. The first-order valence-electron chi connectivity index (χ1n) is 7.91. The topological polar surface area (TPSA) is 69.8 Å². The first-order valence-corrected chi connectivity index (χ1v) is 7.91. The van der Waals surface area contributed by atoms with E-state index in [1.807, 2.05) is 36.1 Å². The summed E-state index contributed by atoms with van der Waals surface area (Å²) in [6, 6.07) is 7.43. The van der Waals surface area contributed by atoms with Gasteiger partial charge in [0.15, 0.2) is 0 Å². The molecule has 3 N–H and O–H groups in total. The van der Waals surface area contributed by atoms with Crippen molar-refractivity contribution in [2.75, 3.05) is 26.2 Å². The number of hydrogen-bond donors (Lipinski definition) is 2. The molecule has 1 saturated heterocycles. The van der Waals surface area contributed by atoms with Gasteiger partial charge in [-0.1, -0.05) is 29.8 Å². The Morgan fingerprint density at radius 1 is 1.29 bits per heavy atom. The van der Waals surface area contributed by atoms with Crippen LogP contribution >= 0.6 is 24.8 Å². The highest BCUT2D eigenvalue weighted by atomic mass is 35.5. The van der Waals surface area contributed by atoms with Gasteiger partial charge in [0, 0.05) is 32.2 Å². The van der Waals surface area contributed by atoms with E-state index in [0.29, 0.717) is 19.6 Å². The standard InChI is InChI=1S/C17H27N3O2.2ClH/c1-12-4-6-15(7-5-12)16(18)17(22)20-9-8-19(11-14(3)21)13(2)10-20;;/h4-7,13-14,16,21H,8-11,18H2,1-3H3;2*1H. The summed E-state index contributed by atoms with van der Waals surface area (Å²) in [5, 5.41) is 9.51. The third kappa shape index (κ3) is 5.90. The smallest absolute Gasteiger partial charge is 0.244 e. The molecule has 1 aliphatic heterocycles. The molecule has 1 aromatic carbocycles. The molecule has 7 heteroatoms. The Kier molecular flexibility index (Phi) is 9.85. The molecular weight excluding hydrogens is 349 g/mol. The summed E-state index contributed by atoms with van der Waals surface area (Å²) in [5.74, 6) is -0.0209. The number of amides is 1. The van der Waals surface area contributed by atoms with E-state index < -0.39 is 6.04 Å². The van der Waals surface area contributed by atoms with Gasteiger partial charge in [0.25, 0.3) is 0 Å². The molecule has 1 fully saturated rings. The van der Waals surface area contributed by atoms with Crippen molar-refractivity contribution in [2.45, 2.75) is 39.0 Å². The number of hydrogen-bond acceptors (Lipinski definition) is 4. The Bertz CT molecular complexity index is 511. The van der Waals surface area contributed by atoms with Crippen LogP contribution in [0.25, 0.3) is 0 Å². The molecule has 1 aliphatic rings. The van der Waals surface area contributed by atoms with E-state index >= 15 is 0 Å². The van der Waals surface area contributed by atoms with Gasteiger partial charge in [-0.25, -0.2) is 0 Å². The van der Waals surface area contributed by atoms with E-state index in [-0.39, 0.29) is 42.9 Å². The van der Waals surface area contributed by atoms with Gasteiger partial charge in [0.1, 0.15) is 6.04 Å². The minimum atomic E-state index is -0.601. The fourth-order valence-corrected chi connectivity index (χ4v) is 2.92. The zero-order valence-corrected chi connectivity index (χ0v) is 16.1. The van der Waals surface area contributed by atoms with Gasteiger partial charge in [-0.3, -0.25) is 9.69 Å². The van der Waals surface area contributed by atoms with Crippen LogP contribution in [0.3, 0.4) is 0 Å². The zero-order valence-electron chi connectivity index (χ0n) is 14.5. The Morgan fingerprint density at radius 3 is 2.38 bits per heavy atom. The number of β-amino-alcohol motifs (C(OH)–C–C–N with tert-alkyl or cyclic N) is 1. The molecule has 138 valence electrons. The fraction of sp³-hybridized carbons (Fsp3) is 0.588. The van der Waals surface area contributed by atoms with Gasteiger partial charge in [-0.15, -0.1) is 24.8 Å². The average Bonchev–Trinajstić information content (AvgIpc) is 2.48. The fourth-order valence-electron chi connectivity index (χ4n) is 2.92. The van der Waals surface area contributed by atoms with Gasteiger partial charge in [0.2, 0.25) is 5.91 Å². The molecule has 0 bridgehead atoms. The molecule has 1 amide bonds. The minimum Gasteiger partial charge on any atom is -0.392 e. The molecule has 0 radical (unpaired) electrons. The first-order chi connectivity index (χ1) is 10.4. The largest absolute Gasteiger partial charge is 0.392 e. The van der Waals surface area contributed by atoms with Crippen molar-refractivity contribution in [3.63, 3.8) is 0 Å². The van der Waals surface area contributed by atoms with Crippen molar-refractivity contribution in [1.29, 1.82) is 0 Å². The molecule has 0 spiro atoms. The van der Waals surface area contributed by atoms with Crippen LogP contribution in [0.2, 0.25) is 0 Å². The summed E-state index contributed by atoms with van der Waals surface area (Å²) < 4.78 is 0. The van der Waals surface area contributed by atoms with Crippen molar-refractivity contribution < 1.29 is 9.90 Å². The highest BCUT2D eigenvalue weighted by molar-refractivity contribution is 5.85. The Hall–Kier alpha value is -0.850. The molecule has 1 heterocycles. The molecule has 3 atom stereocenters. The Labute approximate surface area is 157 Å². The molecule has 0 aliphatic carbocycles. The predicted molar refractivity (Wildman–Crippen MR) is 102 cm³/mol. The lowest BCUT2D eigenvalue weighted by Crippen LogP contribution is -2.56. The number of carbonyl (C=O) groups is 1. The second-order valence-electron chi connectivity index (χ2n) is 6.37. The second-order valence-corrected chi connectivity index (χ2v) is 6.37. The number of piperazine rings is 1. The number of nitrogens with two attached hydrogens (primary N) is 1. The third-order valence-corrected chi connectivity index (χ3v) is 4.28. The zero-order chi connectivity index (χ0) is 16.3. The number of aliphatic hydroxyl groups is 1. The summed E-state index contributed by atoms with van der Waals surface area (Å²) in [5.41, 5.74) is 8.15. The second kappa shape index (κ2) is 10.2. The SMILES string of the molecule is Cc1ccc(C(N)C(=O)N2CCN(CC(C)O)C(C)C2)cc1.Cl.Cl. The molecule has 0 aromatic heterocycles. The van der Waals surface area contributed by atoms with E-state index in [2.05, 4.69) is 11.8 Å².